The van der Waals surface area contributed by atoms with E-state index in [1.165, 1.54) is 30.3 Å². The van der Waals surface area contributed by atoms with Gasteiger partial charge in [0.1, 0.15) is 29.0 Å². The fourth-order valence-corrected chi connectivity index (χ4v) is 3.75. The van der Waals surface area contributed by atoms with E-state index in [4.69, 9.17) is 4.74 Å². The number of likely N-dealkylation sites (tertiary alicyclic amines) is 1. The number of halogens is 3. The van der Waals surface area contributed by atoms with Gasteiger partial charge in [-0.2, -0.15) is 0 Å². The summed E-state index contributed by atoms with van der Waals surface area (Å²) < 4.78 is 46.6. The minimum Gasteiger partial charge on any atom is -0.457 e. The number of carbonyl (C=O) groups is 1. The first kappa shape index (κ1) is 21.9. The van der Waals surface area contributed by atoms with Gasteiger partial charge in [-0.3, -0.25) is 9.69 Å². The van der Waals surface area contributed by atoms with Gasteiger partial charge in [0.25, 0.3) is 5.91 Å². The van der Waals surface area contributed by atoms with Gasteiger partial charge in [0.2, 0.25) is 0 Å². The first-order chi connectivity index (χ1) is 15.5. The van der Waals surface area contributed by atoms with Gasteiger partial charge in [-0.1, -0.05) is 12.1 Å². The number of carbonyl (C=O) groups excluding carboxylic acids is 1. The summed E-state index contributed by atoms with van der Waals surface area (Å²) in [6.45, 7) is 1.49. The zero-order valence-corrected chi connectivity index (χ0v) is 17.4. The largest absolute Gasteiger partial charge is 0.457 e. The van der Waals surface area contributed by atoms with Crippen molar-refractivity contribution in [1.29, 1.82) is 0 Å². The third kappa shape index (κ3) is 5.48. The van der Waals surface area contributed by atoms with Crippen LogP contribution in [0.25, 0.3) is 0 Å². The normalized spacial score (nSPS) is 14.8. The number of hydrogen-bond acceptors (Lipinski definition) is 3. The van der Waals surface area contributed by atoms with Gasteiger partial charge in [0, 0.05) is 42.9 Å². The highest BCUT2D eigenvalue weighted by molar-refractivity contribution is 5.94. The molecule has 3 aromatic rings. The number of rotatable bonds is 6. The molecule has 0 saturated carbocycles. The Morgan fingerprint density at radius 1 is 0.906 bits per heavy atom. The lowest BCUT2D eigenvalue weighted by Gasteiger charge is -2.32. The van der Waals surface area contributed by atoms with E-state index in [2.05, 4.69) is 5.32 Å². The molecule has 166 valence electrons. The molecule has 1 aliphatic rings. The number of ether oxygens (including phenoxy) is 1. The number of nitrogens with one attached hydrogen (secondary N) is 1. The smallest absolute Gasteiger partial charge is 0.251 e. The summed E-state index contributed by atoms with van der Waals surface area (Å²) in [5.41, 5.74) is 0.572. The van der Waals surface area contributed by atoms with Crippen LogP contribution in [0.5, 0.6) is 11.5 Å². The maximum atomic E-state index is 13.9. The molecule has 0 aliphatic carbocycles. The summed E-state index contributed by atoms with van der Waals surface area (Å²) in [4.78, 5) is 14.6. The predicted molar refractivity (Wildman–Crippen MR) is 115 cm³/mol. The van der Waals surface area contributed by atoms with Crippen molar-refractivity contribution in [2.75, 3.05) is 13.1 Å². The molecule has 4 nitrogen and oxygen atoms in total. The predicted octanol–water partition coefficient (Wildman–Crippen LogP) is 5.29. The Hall–Kier alpha value is -3.32. The summed E-state index contributed by atoms with van der Waals surface area (Å²) in [6.07, 6.45) is 1.39. The molecule has 4 rings (SSSR count). The number of piperidine rings is 1. The molecule has 1 heterocycles. The van der Waals surface area contributed by atoms with Crippen molar-refractivity contribution in [3.8, 4) is 11.5 Å². The number of nitrogens with zero attached hydrogens (tertiary/aromatic N) is 1. The van der Waals surface area contributed by atoms with Crippen LogP contribution in [-0.4, -0.2) is 29.9 Å². The van der Waals surface area contributed by atoms with Crippen molar-refractivity contribution in [2.45, 2.75) is 25.4 Å². The molecule has 1 fully saturated rings. The zero-order valence-electron chi connectivity index (χ0n) is 17.4. The molecule has 1 N–H and O–H groups in total. The molecule has 1 aliphatic heterocycles. The highest BCUT2D eigenvalue weighted by Crippen LogP contribution is 2.23. The maximum absolute atomic E-state index is 13.9. The quantitative estimate of drug-likeness (QED) is 0.566. The lowest BCUT2D eigenvalue weighted by molar-refractivity contribution is 0.0908. The molecule has 7 heteroatoms. The van der Waals surface area contributed by atoms with Crippen LogP contribution in [0.1, 0.15) is 28.8 Å². The van der Waals surface area contributed by atoms with Crippen LogP contribution in [0.2, 0.25) is 0 Å². The van der Waals surface area contributed by atoms with E-state index in [1.54, 1.807) is 36.4 Å². The van der Waals surface area contributed by atoms with Gasteiger partial charge in [-0.15, -0.1) is 0 Å². The van der Waals surface area contributed by atoms with Crippen LogP contribution in [-0.2, 0) is 6.54 Å². The van der Waals surface area contributed by atoms with Crippen molar-refractivity contribution in [1.82, 2.24) is 10.2 Å². The summed E-state index contributed by atoms with van der Waals surface area (Å²) in [5, 5.41) is 3.01. The zero-order chi connectivity index (χ0) is 22.5. The Kier molecular flexibility index (Phi) is 6.75. The van der Waals surface area contributed by atoms with E-state index in [0.717, 1.165) is 0 Å². The maximum Gasteiger partial charge on any atom is 0.251 e. The van der Waals surface area contributed by atoms with Crippen molar-refractivity contribution < 1.29 is 22.7 Å². The average Bonchev–Trinajstić information content (AvgIpc) is 2.78. The van der Waals surface area contributed by atoms with Crippen LogP contribution < -0.4 is 10.1 Å². The van der Waals surface area contributed by atoms with E-state index in [9.17, 15) is 18.0 Å². The first-order valence-electron chi connectivity index (χ1n) is 10.5. The van der Waals surface area contributed by atoms with Crippen molar-refractivity contribution in [3.63, 3.8) is 0 Å². The summed E-state index contributed by atoms with van der Waals surface area (Å²) in [6, 6.07) is 16.3. The van der Waals surface area contributed by atoms with E-state index in [-0.39, 0.29) is 29.9 Å². The Labute approximate surface area is 184 Å². The Bertz CT molecular complexity index is 1060. The van der Waals surface area contributed by atoms with Crippen LogP contribution in [0.4, 0.5) is 13.2 Å². The van der Waals surface area contributed by atoms with E-state index < -0.39 is 11.6 Å². The summed E-state index contributed by atoms with van der Waals surface area (Å²) in [5.74, 6) is -0.773. The molecular formula is C25H23F3N2O2. The van der Waals surface area contributed by atoms with Gasteiger partial charge in [-0.05, 0) is 61.4 Å². The molecule has 0 unspecified atom stereocenters. The number of amides is 1. The first-order valence-corrected chi connectivity index (χ1v) is 10.5. The molecule has 0 bridgehead atoms. The highest BCUT2D eigenvalue weighted by atomic mass is 19.1. The van der Waals surface area contributed by atoms with Crippen molar-refractivity contribution in [2.24, 2.45) is 0 Å². The minimum absolute atomic E-state index is 0.00700. The number of benzene rings is 3. The standard InChI is InChI=1S/C25H23F3N2O2/c26-18-3-1-4-21(15-18)32-20-9-7-17(8-10-20)25(31)29-19-11-13-30(14-12-19)16-22-23(27)5-2-6-24(22)28/h1-10,15,19H,11-14,16H2,(H,29,31). The van der Waals surface area contributed by atoms with Gasteiger partial charge in [0.05, 0.1) is 0 Å². The molecule has 0 atom stereocenters. The Balaban J connectivity index is 1.27. The molecule has 0 radical (unpaired) electrons. The van der Waals surface area contributed by atoms with Crippen LogP contribution in [0.3, 0.4) is 0 Å². The fourth-order valence-electron chi connectivity index (χ4n) is 3.75. The average molecular weight is 440 g/mol. The fraction of sp³-hybridized carbons (Fsp3) is 0.240. The third-order valence-corrected chi connectivity index (χ3v) is 5.51. The van der Waals surface area contributed by atoms with Gasteiger partial charge in [-0.25, -0.2) is 13.2 Å². The Morgan fingerprint density at radius 2 is 1.56 bits per heavy atom. The monoisotopic (exact) mass is 440 g/mol. The van der Waals surface area contributed by atoms with Crippen LogP contribution in [0.15, 0.2) is 66.7 Å². The second-order valence-corrected chi connectivity index (χ2v) is 7.81. The van der Waals surface area contributed by atoms with Crippen molar-refractivity contribution >= 4 is 5.91 Å². The molecule has 32 heavy (non-hydrogen) atoms. The molecule has 1 saturated heterocycles. The highest BCUT2D eigenvalue weighted by Gasteiger charge is 2.23. The summed E-state index contributed by atoms with van der Waals surface area (Å²) in [7, 11) is 0. The van der Waals surface area contributed by atoms with Gasteiger partial charge >= 0.3 is 0 Å². The molecule has 3 aromatic carbocycles. The van der Waals surface area contributed by atoms with Crippen molar-refractivity contribution in [3.05, 3.63) is 95.3 Å². The minimum atomic E-state index is -0.537. The second-order valence-electron chi connectivity index (χ2n) is 7.81. The van der Waals surface area contributed by atoms with Crippen LogP contribution in [0, 0.1) is 17.5 Å². The number of hydrogen-bond donors (Lipinski definition) is 1. The summed E-state index contributed by atoms with van der Waals surface area (Å²) >= 11 is 0. The van der Waals surface area contributed by atoms with E-state index in [0.29, 0.717) is 43.0 Å². The lowest BCUT2D eigenvalue weighted by Crippen LogP contribution is -2.44. The topological polar surface area (TPSA) is 41.6 Å². The van der Waals surface area contributed by atoms with E-state index in [1.807, 2.05) is 4.90 Å². The molecular weight excluding hydrogens is 417 g/mol. The molecule has 1 amide bonds. The SMILES string of the molecule is O=C(NC1CCN(Cc2c(F)cccc2F)CC1)c1ccc(Oc2cccc(F)c2)cc1. The molecule has 0 spiro atoms. The second kappa shape index (κ2) is 9.87. The van der Waals surface area contributed by atoms with Gasteiger partial charge in [0.15, 0.2) is 0 Å². The third-order valence-electron chi connectivity index (χ3n) is 5.51. The van der Waals surface area contributed by atoms with E-state index >= 15 is 0 Å². The molecule has 0 aromatic heterocycles. The van der Waals surface area contributed by atoms with Gasteiger partial charge < -0.3 is 10.1 Å². The van der Waals surface area contributed by atoms with Crippen LogP contribution >= 0.6 is 0 Å². The lowest BCUT2D eigenvalue weighted by atomic mass is 10.0. The Morgan fingerprint density at radius 3 is 2.22 bits per heavy atom.